The predicted molar refractivity (Wildman–Crippen MR) is 59.4 cm³/mol. The zero-order chi connectivity index (χ0) is 11.5. The molecule has 0 amide bonds. The maximum Gasteiger partial charge on any atom is 0.269 e. The summed E-state index contributed by atoms with van der Waals surface area (Å²) in [6.45, 7) is 5.50. The summed E-state index contributed by atoms with van der Waals surface area (Å²) in [6, 6.07) is 6.29. The van der Waals surface area contributed by atoms with Gasteiger partial charge < -0.3 is 5.73 Å². The van der Waals surface area contributed by atoms with Gasteiger partial charge in [-0.3, -0.25) is 10.1 Å². The highest BCUT2D eigenvalue weighted by Gasteiger charge is 2.19. The molecule has 1 aromatic carbocycles. The molecule has 4 heteroatoms. The smallest absolute Gasteiger partial charge is 0.269 e. The Morgan fingerprint density at radius 2 is 2.07 bits per heavy atom. The first-order valence-corrected chi connectivity index (χ1v) is 4.62. The van der Waals surface area contributed by atoms with Gasteiger partial charge in [0.25, 0.3) is 5.69 Å². The molecular weight excluding hydrogens is 192 g/mol. The van der Waals surface area contributed by atoms with Crippen molar-refractivity contribution in [2.75, 3.05) is 0 Å². The van der Waals surface area contributed by atoms with Gasteiger partial charge in [-0.15, -0.1) is 6.58 Å². The summed E-state index contributed by atoms with van der Waals surface area (Å²) in [4.78, 5) is 10.0. The van der Waals surface area contributed by atoms with Gasteiger partial charge in [0.05, 0.1) is 4.92 Å². The SMILES string of the molecule is C=CCC(C)(N)c1ccc([N+](=O)[O-])cc1. The van der Waals surface area contributed by atoms with Crippen LogP contribution in [0.4, 0.5) is 5.69 Å². The molecule has 0 spiro atoms. The van der Waals surface area contributed by atoms with Gasteiger partial charge in [-0.25, -0.2) is 0 Å². The topological polar surface area (TPSA) is 69.2 Å². The second kappa shape index (κ2) is 4.23. The van der Waals surface area contributed by atoms with Crippen LogP contribution in [0.2, 0.25) is 0 Å². The number of hydrogen-bond donors (Lipinski definition) is 1. The van der Waals surface area contributed by atoms with Gasteiger partial charge in [0.15, 0.2) is 0 Å². The van der Waals surface area contributed by atoms with E-state index >= 15 is 0 Å². The van der Waals surface area contributed by atoms with E-state index in [1.165, 1.54) is 12.1 Å². The highest BCUT2D eigenvalue weighted by molar-refractivity contribution is 5.35. The summed E-state index contributed by atoms with van der Waals surface area (Å²) < 4.78 is 0. The minimum atomic E-state index is -0.517. The second-order valence-electron chi connectivity index (χ2n) is 3.71. The number of non-ortho nitro benzene ring substituents is 1. The Hall–Kier alpha value is -1.68. The first kappa shape index (κ1) is 11.4. The minimum absolute atomic E-state index is 0.0770. The molecule has 0 aliphatic carbocycles. The number of rotatable bonds is 4. The molecule has 0 fully saturated rings. The Morgan fingerprint density at radius 3 is 2.47 bits per heavy atom. The number of nitro benzene ring substituents is 1. The van der Waals surface area contributed by atoms with Crippen LogP contribution in [0.25, 0.3) is 0 Å². The maximum absolute atomic E-state index is 10.4. The van der Waals surface area contributed by atoms with Gasteiger partial charge in [0.2, 0.25) is 0 Å². The lowest BCUT2D eigenvalue weighted by molar-refractivity contribution is -0.384. The van der Waals surface area contributed by atoms with Crippen molar-refractivity contribution in [3.8, 4) is 0 Å². The zero-order valence-corrected chi connectivity index (χ0v) is 8.64. The molecular formula is C11H14N2O2. The Labute approximate surface area is 88.6 Å². The summed E-state index contributed by atoms with van der Waals surface area (Å²) in [5, 5.41) is 10.4. The van der Waals surface area contributed by atoms with E-state index in [1.807, 2.05) is 6.92 Å². The molecule has 0 aromatic heterocycles. The zero-order valence-electron chi connectivity index (χ0n) is 8.64. The van der Waals surface area contributed by atoms with Crippen molar-refractivity contribution in [1.82, 2.24) is 0 Å². The molecule has 0 heterocycles. The summed E-state index contributed by atoms with van der Waals surface area (Å²) in [6.07, 6.45) is 2.37. The molecule has 0 radical (unpaired) electrons. The van der Waals surface area contributed by atoms with Crippen molar-refractivity contribution in [3.05, 3.63) is 52.6 Å². The Morgan fingerprint density at radius 1 is 1.53 bits per heavy atom. The van der Waals surface area contributed by atoms with Crippen LogP contribution in [0.3, 0.4) is 0 Å². The molecule has 0 aliphatic rings. The standard InChI is InChI=1S/C11H14N2O2/c1-3-8-11(2,12)9-4-6-10(7-5-9)13(14)15/h3-7H,1,8,12H2,2H3. The third-order valence-corrected chi connectivity index (χ3v) is 2.31. The average molecular weight is 206 g/mol. The van der Waals surface area contributed by atoms with E-state index in [2.05, 4.69) is 6.58 Å². The first-order chi connectivity index (χ1) is 6.97. The van der Waals surface area contributed by atoms with Crippen molar-refractivity contribution in [1.29, 1.82) is 0 Å². The van der Waals surface area contributed by atoms with Crippen LogP contribution in [-0.2, 0) is 5.54 Å². The van der Waals surface area contributed by atoms with Crippen LogP contribution in [-0.4, -0.2) is 4.92 Å². The average Bonchev–Trinajstić information content (AvgIpc) is 2.18. The first-order valence-electron chi connectivity index (χ1n) is 4.62. The van der Waals surface area contributed by atoms with Crippen molar-refractivity contribution in [2.45, 2.75) is 18.9 Å². The normalized spacial score (nSPS) is 14.3. The molecule has 1 aromatic rings. The van der Waals surface area contributed by atoms with Gasteiger partial charge in [0.1, 0.15) is 0 Å². The number of nitro groups is 1. The lowest BCUT2D eigenvalue weighted by Crippen LogP contribution is -2.32. The van der Waals surface area contributed by atoms with E-state index in [0.717, 1.165) is 5.56 Å². The van der Waals surface area contributed by atoms with E-state index in [0.29, 0.717) is 6.42 Å². The fourth-order valence-corrected chi connectivity index (χ4v) is 1.38. The van der Waals surface area contributed by atoms with E-state index in [9.17, 15) is 10.1 Å². The van der Waals surface area contributed by atoms with Crippen LogP contribution in [0.5, 0.6) is 0 Å². The van der Waals surface area contributed by atoms with Crippen molar-refractivity contribution < 1.29 is 4.92 Å². The van der Waals surface area contributed by atoms with Crippen molar-refractivity contribution in [2.24, 2.45) is 5.73 Å². The largest absolute Gasteiger partial charge is 0.321 e. The molecule has 0 aliphatic heterocycles. The summed E-state index contributed by atoms with van der Waals surface area (Å²) in [7, 11) is 0. The summed E-state index contributed by atoms with van der Waals surface area (Å²) in [5.74, 6) is 0. The van der Waals surface area contributed by atoms with Crippen LogP contribution >= 0.6 is 0 Å². The van der Waals surface area contributed by atoms with Gasteiger partial charge >= 0.3 is 0 Å². The predicted octanol–water partition coefficient (Wildman–Crippen LogP) is 2.34. The van der Waals surface area contributed by atoms with Crippen molar-refractivity contribution in [3.63, 3.8) is 0 Å². The summed E-state index contributed by atoms with van der Waals surface area (Å²) in [5.41, 5.74) is 6.46. The third-order valence-electron chi connectivity index (χ3n) is 2.31. The molecule has 4 nitrogen and oxygen atoms in total. The lowest BCUT2D eigenvalue weighted by Gasteiger charge is -2.23. The van der Waals surface area contributed by atoms with Crippen LogP contribution in [0.15, 0.2) is 36.9 Å². The van der Waals surface area contributed by atoms with Crippen molar-refractivity contribution >= 4 is 5.69 Å². The van der Waals surface area contributed by atoms with Crippen LogP contribution < -0.4 is 5.73 Å². The molecule has 2 N–H and O–H groups in total. The molecule has 1 atom stereocenters. The second-order valence-corrected chi connectivity index (χ2v) is 3.71. The van der Waals surface area contributed by atoms with Crippen LogP contribution in [0, 0.1) is 10.1 Å². The molecule has 15 heavy (non-hydrogen) atoms. The molecule has 1 unspecified atom stereocenters. The highest BCUT2D eigenvalue weighted by Crippen LogP contribution is 2.23. The fourth-order valence-electron chi connectivity index (χ4n) is 1.38. The van der Waals surface area contributed by atoms with Gasteiger partial charge in [-0.2, -0.15) is 0 Å². The highest BCUT2D eigenvalue weighted by atomic mass is 16.6. The van der Waals surface area contributed by atoms with E-state index in [1.54, 1.807) is 18.2 Å². The Kier molecular flexibility index (Phi) is 3.21. The number of nitrogens with zero attached hydrogens (tertiary/aromatic N) is 1. The Balaban J connectivity index is 2.97. The number of hydrogen-bond acceptors (Lipinski definition) is 3. The fraction of sp³-hybridized carbons (Fsp3) is 0.273. The summed E-state index contributed by atoms with van der Waals surface area (Å²) >= 11 is 0. The minimum Gasteiger partial charge on any atom is -0.321 e. The van der Waals surface area contributed by atoms with Gasteiger partial charge in [-0.1, -0.05) is 18.2 Å². The van der Waals surface area contributed by atoms with Crippen LogP contribution in [0.1, 0.15) is 18.9 Å². The Bertz CT molecular complexity index is 369. The molecule has 1 rings (SSSR count). The monoisotopic (exact) mass is 206 g/mol. The van der Waals surface area contributed by atoms with E-state index < -0.39 is 10.5 Å². The third kappa shape index (κ3) is 2.63. The maximum atomic E-state index is 10.4. The van der Waals surface area contributed by atoms with Gasteiger partial charge in [0, 0.05) is 17.7 Å². The number of nitrogens with two attached hydrogens (primary N) is 1. The quantitative estimate of drug-likeness (QED) is 0.467. The van der Waals surface area contributed by atoms with Gasteiger partial charge in [-0.05, 0) is 18.9 Å². The molecule has 80 valence electrons. The molecule has 0 bridgehead atoms. The lowest BCUT2D eigenvalue weighted by atomic mass is 9.90. The molecule has 0 saturated carbocycles. The van der Waals surface area contributed by atoms with E-state index in [-0.39, 0.29) is 5.69 Å². The molecule has 0 saturated heterocycles. The number of benzene rings is 1. The van der Waals surface area contributed by atoms with E-state index in [4.69, 9.17) is 5.73 Å².